The van der Waals surface area contributed by atoms with Gasteiger partial charge in [0.15, 0.2) is 0 Å². The molecule has 1 rings (SSSR count). The number of benzene rings is 1. The highest BCUT2D eigenvalue weighted by atomic mass is 79.9. The normalized spacial score (nSPS) is 11.6. The zero-order valence-electron chi connectivity index (χ0n) is 9.60. The number of rotatable bonds is 3. The van der Waals surface area contributed by atoms with Gasteiger partial charge in [-0.3, -0.25) is 0 Å². The Balaban J connectivity index is 3.34. The number of aliphatic hydroxyl groups excluding tert-OH is 1. The van der Waals surface area contributed by atoms with Crippen LogP contribution in [0.5, 0.6) is 5.75 Å². The average molecular weight is 273 g/mol. The summed E-state index contributed by atoms with van der Waals surface area (Å²) in [6.07, 6.45) is 0. The molecule has 0 amide bonds. The summed E-state index contributed by atoms with van der Waals surface area (Å²) in [5.41, 5.74) is 1.88. The molecule has 0 aromatic heterocycles. The minimum Gasteiger partial charge on any atom is -0.495 e. The van der Waals surface area contributed by atoms with E-state index >= 15 is 0 Å². The van der Waals surface area contributed by atoms with Crippen LogP contribution in [-0.4, -0.2) is 18.8 Å². The van der Waals surface area contributed by atoms with Crippen molar-refractivity contribution >= 4 is 15.9 Å². The van der Waals surface area contributed by atoms with E-state index in [9.17, 15) is 5.11 Å². The largest absolute Gasteiger partial charge is 0.495 e. The Morgan fingerprint density at radius 3 is 2.47 bits per heavy atom. The molecule has 0 aliphatic carbocycles. The van der Waals surface area contributed by atoms with Gasteiger partial charge in [-0.15, -0.1) is 0 Å². The fraction of sp³-hybridized carbons (Fsp3) is 0.500. The molecule has 0 heterocycles. The Kier molecular flexibility index (Phi) is 3.79. The molecule has 1 aromatic rings. The molecule has 15 heavy (non-hydrogen) atoms. The molecule has 0 radical (unpaired) electrons. The van der Waals surface area contributed by atoms with Gasteiger partial charge in [0.25, 0.3) is 0 Å². The summed E-state index contributed by atoms with van der Waals surface area (Å²) in [5, 5.41) is 9.34. The number of aliphatic hydroxyl groups is 1. The second kappa shape index (κ2) is 4.54. The highest BCUT2D eigenvalue weighted by molar-refractivity contribution is 9.10. The molecule has 0 unspecified atom stereocenters. The van der Waals surface area contributed by atoms with Crippen molar-refractivity contribution in [2.45, 2.75) is 26.2 Å². The van der Waals surface area contributed by atoms with Crippen molar-refractivity contribution in [3.05, 3.63) is 27.7 Å². The van der Waals surface area contributed by atoms with Crippen molar-refractivity contribution in [3.63, 3.8) is 0 Å². The number of hydrogen-bond donors (Lipinski definition) is 1. The van der Waals surface area contributed by atoms with Crippen LogP contribution in [0.1, 0.15) is 25.0 Å². The third-order valence-electron chi connectivity index (χ3n) is 2.62. The van der Waals surface area contributed by atoms with Gasteiger partial charge in [-0.05, 0) is 34.0 Å². The Morgan fingerprint density at radius 2 is 2.00 bits per heavy atom. The van der Waals surface area contributed by atoms with Gasteiger partial charge in [0.1, 0.15) is 5.75 Å². The van der Waals surface area contributed by atoms with Gasteiger partial charge in [-0.25, -0.2) is 0 Å². The molecule has 1 N–H and O–H groups in total. The maximum Gasteiger partial charge on any atom is 0.136 e. The van der Waals surface area contributed by atoms with Crippen molar-refractivity contribution in [2.24, 2.45) is 0 Å². The topological polar surface area (TPSA) is 29.5 Å². The summed E-state index contributed by atoms with van der Waals surface area (Å²) in [7, 11) is 1.66. The van der Waals surface area contributed by atoms with Crippen LogP contribution in [0.2, 0.25) is 0 Å². The van der Waals surface area contributed by atoms with Crippen LogP contribution in [0.15, 0.2) is 16.6 Å². The van der Waals surface area contributed by atoms with Crippen LogP contribution in [0.4, 0.5) is 0 Å². The van der Waals surface area contributed by atoms with Crippen molar-refractivity contribution < 1.29 is 9.84 Å². The Morgan fingerprint density at radius 1 is 1.40 bits per heavy atom. The van der Waals surface area contributed by atoms with Crippen molar-refractivity contribution in [1.29, 1.82) is 0 Å². The molecular formula is C12H17BrO2. The molecule has 0 fully saturated rings. The van der Waals surface area contributed by atoms with Crippen molar-refractivity contribution in [1.82, 2.24) is 0 Å². The van der Waals surface area contributed by atoms with E-state index in [4.69, 9.17) is 4.74 Å². The van der Waals surface area contributed by atoms with Crippen LogP contribution in [0, 0.1) is 6.92 Å². The first kappa shape index (κ1) is 12.5. The summed E-state index contributed by atoms with van der Waals surface area (Å²) in [5.74, 6) is 0.842. The van der Waals surface area contributed by atoms with Crippen LogP contribution >= 0.6 is 15.9 Å². The average Bonchev–Trinajstić information content (AvgIpc) is 2.18. The van der Waals surface area contributed by atoms with Gasteiger partial charge in [-0.1, -0.05) is 26.0 Å². The maximum atomic E-state index is 9.34. The summed E-state index contributed by atoms with van der Waals surface area (Å²) >= 11 is 3.53. The van der Waals surface area contributed by atoms with E-state index < -0.39 is 0 Å². The van der Waals surface area contributed by atoms with E-state index in [2.05, 4.69) is 15.9 Å². The zero-order chi connectivity index (χ0) is 11.6. The van der Waals surface area contributed by atoms with E-state index in [0.29, 0.717) is 0 Å². The molecule has 0 saturated carbocycles. The smallest absolute Gasteiger partial charge is 0.136 e. The number of halogens is 1. The first-order chi connectivity index (χ1) is 6.94. The molecule has 0 atom stereocenters. The quantitative estimate of drug-likeness (QED) is 0.917. The molecule has 0 spiro atoms. The van der Waals surface area contributed by atoms with E-state index in [1.54, 1.807) is 7.11 Å². The molecular weight excluding hydrogens is 256 g/mol. The lowest BCUT2D eigenvalue weighted by atomic mass is 9.85. The van der Waals surface area contributed by atoms with Crippen LogP contribution in [0.3, 0.4) is 0 Å². The van der Waals surface area contributed by atoms with Crippen molar-refractivity contribution in [3.8, 4) is 5.75 Å². The summed E-state index contributed by atoms with van der Waals surface area (Å²) in [6.45, 7) is 6.11. The predicted molar refractivity (Wildman–Crippen MR) is 65.5 cm³/mol. The second-order valence-corrected chi connectivity index (χ2v) is 5.11. The monoisotopic (exact) mass is 272 g/mol. The molecule has 3 heteroatoms. The third-order valence-corrected chi connectivity index (χ3v) is 3.41. The Bertz CT molecular complexity index is 359. The van der Waals surface area contributed by atoms with Crippen LogP contribution in [-0.2, 0) is 5.41 Å². The lowest BCUT2D eigenvalue weighted by Gasteiger charge is -2.25. The second-order valence-electron chi connectivity index (χ2n) is 4.32. The number of hydrogen-bond acceptors (Lipinski definition) is 2. The van der Waals surface area contributed by atoms with Gasteiger partial charge in [0.05, 0.1) is 18.2 Å². The highest BCUT2D eigenvalue weighted by Crippen LogP contribution is 2.38. The minimum atomic E-state index is -0.264. The Labute approximate surface area is 99.4 Å². The van der Waals surface area contributed by atoms with Gasteiger partial charge < -0.3 is 9.84 Å². The fourth-order valence-corrected chi connectivity index (χ4v) is 2.65. The number of aryl methyl sites for hydroxylation is 1. The molecule has 0 saturated heterocycles. The maximum absolute atomic E-state index is 9.34. The van der Waals surface area contributed by atoms with Gasteiger partial charge >= 0.3 is 0 Å². The third kappa shape index (κ3) is 2.34. The fourth-order valence-electron chi connectivity index (χ4n) is 1.51. The molecule has 0 aliphatic rings. The zero-order valence-corrected chi connectivity index (χ0v) is 11.2. The molecule has 1 aromatic carbocycles. The van der Waals surface area contributed by atoms with Crippen LogP contribution in [0.25, 0.3) is 0 Å². The van der Waals surface area contributed by atoms with E-state index in [1.165, 1.54) is 0 Å². The molecule has 0 aliphatic heterocycles. The first-order valence-corrected chi connectivity index (χ1v) is 5.67. The van der Waals surface area contributed by atoms with E-state index in [-0.39, 0.29) is 12.0 Å². The summed E-state index contributed by atoms with van der Waals surface area (Å²) in [6, 6.07) is 4.04. The summed E-state index contributed by atoms with van der Waals surface area (Å²) in [4.78, 5) is 0. The number of ether oxygens (including phenoxy) is 1. The molecule has 2 nitrogen and oxygen atoms in total. The number of methoxy groups -OCH3 is 1. The van der Waals surface area contributed by atoms with E-state index in [1.807, 2.05) is 32.9 Å². The Hall–Kier alpha value is -0.540. The lowest BCUT2D eigenvalue weighted by molar-refractivity contribution is 0.217. The van der Waals surface area contributed by atoms with Crippen molar-refractivity contribution in [2.75, 3.05) is 13.7 Å². The minimum absolute atomic E-state index is 0.109. The van der Waals surface area contributed by atoms with Gasteiger partial charge in [0, 0.05) is 5.41 Å². The van der Waals surface area contributed by atoms with Gasteiger partial charge in [0.2, 0.25) is 0 Å². The van der Waals surface area contributed by atoms with E-state index in [0.717, 1.165) is 21.3 Å². The standard InChI is InChI=1S/C12H17BrO2/c1-8-5-6-9(12(2,3)7-14)10(13)11(8)15-4/h5-6,14H,7H2,1-4H3. The SMILES string of the molecule is COc1c(C)ccc(C(C)(C)CO)c1Br. The van der Waals surface area contributed by atoms with Crippen LogP contribution < -0.4 is 4.74 Å². The molecule has 0 bridgehead atoms. The molecule has 84 valence electrons. The highest BCUT2D eigenvalue weighted by Gasteiger charge is 2.24. The van der Waals surface area contributed by atoms with Gasteiger partial charge in [-0.2, -0.15) is 0 Å². The first-order valence-electron chi connectivity index (χ1n) is 4.88. The predicted octanol–water partition coefficient (Wildman–Crippen LogP) is 3.04. The summed E-state index contributed by atoms with van der Waals surface area (Å²) < 4.78 is 6.26. The lowest BCUT2D eigenvalue weighted by Crippen LogP contribution is -2.22.